The Morgan fingerprint density at radius 2 is 2.14 bits per heavy atom. The normalized spacial score (nSPS) is 22.2. The molecule has 29 heavy (non-hydrogen) atoms. The molecule has 0 aromatic heterocycles. The molecule has 0 aliphatic carbocycles. The molecule has 2 heterocycles. The van der Waals surface area contributed by atoms with Gasteiger partial charge in [-0.15, -0.1) is 0 Å². The Hall–Kier alpha value is -2.19. The minimum absolute atomic E-state index is 0.0679. The van der Waals surface area contributed by atoms with Crippen molar-refractivity contribution in [2.45, 2.75) is 38.3 Å². The first kappa shape index (κ1) is 21.5. The van der Waals surface area contributed by atoms with Gasteiger partial charge in [0.2, 0.25) is 5.91 Å². The largest absolute Gasteiger partial charge is 0.494 e. The highest BCUT2D eigenvalue weighted by atomic mass is 19.1. The van der Waals surface area contributed by atoms with Crippen LogP contribution < -0.4 is 15.4 Å². The Balaban J connectivity index is 1.77. The van der Waals surface area contributed by atoms with Crippen LogP contribution in [0.1, 0.15) is 37.0 Å². The van der Waals surface area contributed by atoms with E-state index in [1.165, 1.54) is 19.2 Å². The number of hydrogen-bond donors (Lipinski definition) is 2. The molecule has 2 amide bonds. The molecule has 1 aromatic carbocycles. The second-order valence-electron chi connectivity index (χ2n) is 8.35. The topological polar surface area (TPSA) is 79.9 Å². The SMILES string of the molecule is COc1ccc(C(=O)NC2CN(CC(C)C)CC3(CCOCC3)NC2=O)cc1F. The van der Waals surface area contributed by atoms with Gasteiger partial charge in [0.1, 0.15) is 6.04 Å². The van der Waals surface area contributed by atoms with Crippen molar-refractivity contribution in [1.82, 2.24) is 15.5 Å². The summed E-state index contributed by atoms with van der Waals surface area (Å²) in [4.78, 5) is 27.9. The van der Waals surface area contributed by atoms with Crippen LogP contribution in [-0.4, -0.2) is 68.3 Å². The van der Waals surface area contributed by atoms with Crippen LogP contribution >= 0.6 is 0 Å². The Labute approximate surface area is 170 Å². The molecule has 3 rings (SSSR count). The smallest absolute Gasteiger partial charge is 0.252 e. The van der Waals surface area contributed by atoms with Crippen molar-refractivity contribution in [2.24, 2.45) is 5.92 Å². The Kier molecular flexibility index (Phi) is 6.74. The predicted molar refractivity (Wildman–Crippen MR) is 106 cm³/mol. The van der Waals surface area contributed by atoms with Crippen molar-refractivity contribution in [1.29, 1.82) is 0 Å². The van der Waals surface area contributed by atoms with Crippen LogP contribution in [0.15, 0.2) is 18.2 Å². The number of nitrogens with zero attached hydrogens (tertiary/aromatic N) is 1. The summed E-state index contributed by atoms with van der Waals surface area (Å²) in [5, 5.41) is 5.95. The highest BCUT2D eigenvalue weighted by Gasteiger charge is 2.41. The van der Waals surface area contributed by atoms with E-state index < -0.39 is 17.8 Å². The lowest BCUT2D eigenvalue weighted by molar-refractivity contribution is -0.125. The van der Waals surface area contributed by atoms with Crippen molar-refractivity contribution < 1.29 is 23.5 Å². The summed E-state index contributed by atoms with van der Waals surface area (Å²) in [6.45, 7) is 7.44. The number of nitrogens with one attached hydrogen (secondary N) is 2. The molecule has 8 heteroatoms. The molecule has 1 unspecified atom stereocenters. The van der Waals surface area contributed by atoms with Crippen LogP contribution in [0.25, 0.3) is 0 Å². The van der Waals surface area contributed by atoms with E-state index in [-0.39, 0.29) is 22.8 Å². The summed E-state index contributed by atoms with van der Waals surface area (Å²) < 4.78 is 24.3. The van der Waals surface area contributed by atoms with Gasteiger partial charge in [-0.05, 0) is 37.0 Å². The average molecular weight is 407 g/mol. The van der Waals surface area contributed by atoms with Crippen LogP contribution in [-0.2, 0) is 9.53 Å². The van der Waals surface area contributed by atoms with Crippen LogP contribution in [0, 0.1) is 11.7 Å². The Bertz CT molecular complexity index is 749. The van der Waals surface area contributed by atoms with Gasteiger partial charge in [0, 0.05) is 38.4 Å². The maximum atomic E-state index is 14.0. The molecule has 0 radical (unpaired) electrons. The highest BCUT2D eigenvalue weighted by Crippen LogP contribution is 2.25. The summed E-state index contributed by atoms with van der Waals surface area (Å²) in [5.41, 5.74) is -0.188. The van der Waals surface area contributed by atoms with Crippen molar-refractivity contribution in [3.63, 3.8) is 0 Å². The van der Waals surface area contributed by atoms with E-state index >= 15 is 0 Å². The summed E-state index contributed by atoms with van der Waals surface area (Å²) in [5.74, 6) is -0.821. The van der Waals surface area contributed by atoms with Gasteiger partial charge in [0.15, 0.2) is 11.6 Å². The molecule has 0 bridgehead atoms. The molecule has 2 N–H and O–H groups in total. The average Bonchev–Trinajstić information content (AvgIpc) is 2.78. The Morgan fingerprint density at radius 3 is 2.76 bits per heavy atom. The highest BCUT2D eigenvalue weighted by molar-refractivity contribution is 5.98. The second-order valence-corrected chi connectivity index (χ2v) is 8.35. The van der Waals surface area contributed by atoms with Gasteiger partial charge >= 0.3 is 0 Å². The number of halogens is 1. The zero-order chi connectivity index (χ0) is 21.0. The first-order valence-corrected chi connectivity index (χ1v) is 10.1. The summed E-state index contributed by atoms with van der Waals surface area (Å²) in [6, 6.07) is 3.29. The minimum Gasteiger partial charge on any atom is -0.494 e. The molecular weight excluding hydrogens is 377 g/mol. The Morgan fingerprint density at radius 1 is 1.41 bits per heavy atom. The van der Waals surface area contributed by atoms with Gasteiger partial charge in [-0.2, -0.15) is 0 Å². The summed E-state index contributed by atoms with van der Waals surface area (Å²) in [6.07, 6.45) is 1.50. The predicted octanol–water partition coefficient (Wildman–Crippen LogP) is 1.57. The van der Waals surface area contributed by atoms with E-state index in [0.29, 0.717) is 25.7 Å². The second kappa shape index (κ2) is 9.09. The van der Waals surface area contributed by atoms with Gasteiger partial charge in [0.05, 0.1) is 12.6 Å². The molecule has 2 aliphatic rings. The van der Waals surface area contributed by atoms with Gasteiger partial charge < -0.3 is 20.1 Å². The fraction of sp³-hybridized carbons (Fsp3) is 0.619. The standard InChI is InChI=1S/C21H30FN3O4/c1-14(2)11-25-12-17(20(27)24-21(13-25)6-8-29-9-7-21)23-19(26)15-4-5-18(28-3)16(22)10-15/h4-5,10,14,17H,6-9,11-13H2,1-3H3,(H,23,26)(H,24,27). The van der Waals surface area contributed by atoms with Crippen molar-refractivity contribution >= 4 is 11.8 Å². The number of carbonyl (C=O) groups excluding carboxylic acids is 2. The number of methoxy groups -OCH3 is 1. The van der Waals surface area contributed by atoms with Crippen LogP contribution in [0.4, 0.5) is 4.39 Å². The third-order valence-electron chi connectivity index (χ3n) is 5.46. The quantitative estimate of drug-likeness (QED) is 0.775. The number of carbonyl (C=O) groups is 2. The monoisotopic (exact) mass is 407 g/mol. The molecule has 2 aliphatic heterocycles. The number of amides is 2. The maximum absolute atomic E-state index is 14.0. The lowest BCUT2D eigenvalue weighted by Gasteiger charge is -2.39. The number of benzene rings is 1. The molecule has 1 atom stereocenters. The molecule has 0 saturated carbocycles. The van der Waals surface area contributed by atoms with E-state index in [4.69, 9.17) is 9.47 Å². The van der Waals surface area contributed by atoms with E-state index in [0.717, 1.165) is 32.0 Å². The molecule has 1 aromatic rings. The molecule has 7 nitrogen and oxygen atoms in total. The molecule has 1 spiro atoms. The zero-order valence-electron chi connectivity index (χ0n) is 17.3. The third-order valence-corrected chi connectivity index (χ3v) is 5.46. The molecule has 160 valence electrons. The van der Waals surface area contributed by atoms with Crippen LogP contribution in [0.5, 0.6) is 5.75 Å². The molecular formula is C21H30FN3O4. The van der Waals surface area contributed by atoms with Gasteiger partial charge in [-0.25, -0.2) is 4.39 Å². The first-order chi connectivity index (χ1) is 13.8. The molecule has 2 fully saturated rings. The lowest BCUT2D eigenvalue weighted by Crippen LogP contribution is -2.57. The van der Waals surface area contributed by atoms with E-state index in [9.17, 15) is 14.0 Å². The van der Waals surface area contributed by atoms with Crippen LogP contribution in [0.3, 0.4) is 0 Å². The zero-order valence-corrected chi connectivity index (χ0v) is 17.3. The third kappa shape index (κ3) is 5.25. The lowest BCUT2D eigenvalue weighted by atomic mass is 9.89. The fourth-order valence-electron chi connectivity index (χ4n) is 4.08. The summed E-state index contributed by atoms with van der Waals surface area (Å²) in [7, 11) is 1.36. The van der Waals surface area contributed by atoms with Crippen molar-refractivity contribution in [3.05, 3.63) is 29.6 Å². The first-order valence-electron chi connectivity index (χ1n) is 10.1. The van der Waals surface area contributed by atoms with Gasteiger partial charge in [-0.3, -0.25) is 14.5 Å². The van der Waals surface area contributed by atoms with Crippen LogP contribution in [0.2, 0.25) is 0 Å². The number of ether oxygens (including phenoxy) is 2. The minimum atomic E-state index is -0.714. The number of rotatable bonds is 5. The fourth-order valence-corrected chi connectivity index (χ4v) is 4.08. The van der Waals surface area contributed by atoms with E-state index in [1.807, 2.05) is 0 Å². The van der Waals surface area contributed by atoms with E-state index in [2.05, 4.69) is 29.4 Å². The van der Waals surface area contributed by atoms with Crippen molar-refractivity contribution in [3.8, 4) is 5.75 Å². The molecule has 2 saturated heterocycles. The summed E-state index contributed by atoms with van der Waals surface area (Å²) >= 11 is 0. The van der Waals surface area contributed by atoms with Crippen molar-refractivity contribution in [2.75, 3.05) is 40.0 Å². The maximum Gasteiger partial charge on any atom is 0.252 e. The number of hydrogen-bond acceptors (Lipinski definition) is 5. The van der Waals surface area contributed by atoms with Gasteiger partial charge in [0.25, 0.3) is 5.91 Å². The van der Waals surface area contributed by atoms with Gasteiger partial charge in [-0.1, -0.05) is 13.8 Å². The van der Waals surface area contributed by atoms with E-state index in [1.54, 1.807) is 0 Å².